The number of nitrogens with zero attached hydrogens (tertiary/aromatic N) is 1. The zero-order valence-corrected chi connectivity index (χ0v) is 13.0. The standard InChI is InChI=1S/C12H14F3N3O.HI/c1-7-5-10(7)18-11(16)17-8-3-2-4-9(6-8)19-12(13,14)15;/h2-4,6-7,10H,5H2,1H3,(H3,16,17,18);1H. The van der Waals surface area contributed by atoms with E-state index in [9.17, 15) is 13.2 Å². The summed E-state index contributed by atoms with van der Waals surface area (Å²) in [6.45, 7) is 2.05. The van der Waals surface area contributed by atoms with Crippen molar-refractivity contribution in [3.05, 3.63) is 24.3 Å². The molecule has 1 aromatic rings. The molecule has 0 heterocycles. The lowest BCUT2D eigenvalue weighted by molar-refractivity contribution is -0.274. The Hall–Kier alpha value is -1.19. The first-order chi connectivity index (χ1) is 8.83. The SMILES string of the molecule is CC1CC1N=C(N)Nc1cccc(OC(F)(F)F)c1.I. The molecule has 0 bridgehead atoms. The Kier molecular flexibility index (Phi) is 5.49. The Balaban J connectivity index is 0.00000200. The Morgan fingerprint density at radius 3 is 2.65 bits per heavy atom. The lowest BCUT2D eigenvalue weighted by Gasteiger charge is -2.11. The molecule has 0 saturated heterocycles. The van der Waals surface area contributed by atoms with Crippen molar-refractivity contribution in [1.82, 2.24) is 0 Å². The van der Waals surface area contributed by atoms with Crippen LogP contribution in [0.4, 0.5) is 18.9 Å². The van der Waals surface area contributed by atoms with Crippen molar-refractivity contribution in [1.29, 1.82) is 0 Å². The zero-order valence-electron chi connectivity index (χ0n) is 10.6. The molecule has 20 heavy (non-hydrogen) atoms. The number of nitrogens with two attached hydrogens (primary N) is 1. The first-order valence-electron chi connectivity index (χ1n) is 5.79. The highest BCUT2D eigenvalue weighted by Crippen LogP contribution is 2.32. The Bertz CT molecular complexity index is 493. The third kappa shape index (κ3) is 5.43. The van der Waals surface area contributed by atoms with Crippen LogP contribution in [-0.4, -0.2) is 18.4 Å². The number of nitrogens with one attached hydrogen (secondary N) is 1. The van der Waals surface area contributed by atoms with Gasteiger partial charge in [0, 0.05) is 11.8 Å². The number of rotatable bonds is 3. The smallest absolute Gasteiger partial charge is 0.406 e. The molecule has 8 heteroatoms. The highest BCUT2D eigenvalue weighted by molar-refractivity contribution is 14.0. The molecule has 0 amide bonds. The molecule has 112 valence electrons. The van der Waals surface area contributed by atoms with Gasteiger partial charge in [-0.3, -0.25) is 0 Å². The van der Waals surface area contributed by atoms with Gasteiger partial charge in [-0.2, -0.15) is 0 Å². The van der Waals surface area contributed by atoms with Gasteiger partial charge in [0.05, 0.1) is 6.04 Å². The van der Waals surface area contributed by atoms with Crippen LogP contribution >= 0.6 is 24.0 Å². The number of hydrogen-bond acceptors (Lipinski definition) is 2. The molecule has 4 nitrogen and oxygen atoms in total. The highest BCUT2D eigenvalue weighted by atomic mass is 127. The minimum Gasteiger partial charge on any atom is -0.406 e. The van der Waals surface area contributed by atoms with Crippen LogP contribution in [0.1, 0.15) is 13.3 Å². The first kappa shape index (κ1) is 16.9. The second-order valence-corrected chi connectivity index (χ2v) is 4.50. The van der Waals surface area contributed by atoms with Crippen molar-refractivity contribution < 1.29 is 17.9 Å². The molecule has 2 atom stereocenters. The van der Waals surface area contributed by atoms with Gasteiger partial charge in [0.25, 0.3) is 0 Å². The maximum absolute atomic E-state index is 12.1. The average Bonchev–Trinajstić information content (AvgIpc) is 2.91. The highest BCUT2D eigenvalue weighted by Gasteiger charge is 2.32. The van der Waals surface area contributed by atoms with E-state index >= 15 is 0 Å². The number of benzene rings is 1. The van der Waals surface area contributed by atoms with Crippen LogP contribution in [0.5, 0.6) is 5.75 Å². The number of aliphatic imine (C=N–C) groups is 1. The number of alkyl halides is 3. The summed E-state index contributed by atoms with van der Waals surface area (Å²) in [4.78, 5) is 4.19. The summed E-state index contributed by atoms with van der Waals surface area (Å²) in [6, 6.07) is 5.67. The van der Waals surface area contributed by atoms with Crippen LogP contribution in [0, 0.1) is 5.92 Å². The zero-order chi connectivity index (χ0) is 14.0. The molecule has 1 aromatic carbocycles. The quantitative estimate of drug-likeness (QED) is 0.464. The minimum absolute atomic E-state index is 0. The number of hydrogen-bond donors (Lipinski definition) is 2. The van der Waals surface area contributed by atoms with Gasteiger partial charge in [0.2, 0.25) is 0 Å². The summed E-state index contributed by atoms with van der Waals surface area (Å²) in [5.74, 6) is 0.406. The summed E-state index contributed by atoms with van der Waals surface area (Å²) in [6.07, 6.45) is -3.72. The third-order valence-electron chi connectivity index (χ3n) is 2.71. The molecule has 0 radical (unpaired) electrons. The number of anilines is 1. The lowest BCUT2D eigenvalue weighted by Crippen LogP contribution is -2.23. The molecule has 0 spiro atoms. The average molecular weight is 401 g/mol. The van der Waals surface area contributed by atoms with Crippen molar-refractivity contribution in [3.8, 4) is 5.75 Å². The van der Waals surface area contributed by atoms with Gasteiger partial charge in [-0.05, 0) is 24.5 Å². The topological polar surface area (TPSA) is 59.6 Å². The van der Waals surface area contributed by atoms with E-state index < -0.39 is 6.36 Å². The molecule has 3 N–H and O–H groups in total. The Morgan fingerprint density at radius 1 is 1.45 bits per heavy atom. The Morgan fingerprint density at radius 2 is 2.10 bits per heavy atom. The first-order valence-corrected chi connectivity index (χ1v) is 5.79. The minimum atomic E-state index is -4.71. The van der Waals surface area contributed by atoms with E-state index in [1.807, 2.05) is 0 Å². The van der Waals surface area contributed by atoms with Crippen molar-refractivity contribution in [2.45, 2.75) is 25.7 Å². The summed E-state index contributed by atoms with van der Waals surface area (Å²) in [5.41, 5.74) is 6.06. The maximum Gasteiger partial charge on any atom is 0.573 e. The molecule has 1 fully saturated rings. The van der Waals surface area contributed by atoms with Crippen LogP contribution in [0.2, 0.25) is 0 Å². The van der Waals surface area contributed by atoms with Gasteiger partial charge in [0.15, 0.2) is 5.96 Å². The molecular weight excluding hydrogens is 386 g/mol. The van der Waals surface area contributed by atoms with E-state index in [1.54, 1.807) is 6.07 Å². The fourth-order valence-electron chi connectivity index (χ4n) is 1.61. The molecular formula is C12H15F3IN3O. The van der Waals surface area contributed by atoms with Crippen LogP contribution in [0.25, 0.3) is 0 Å². The molecule has 1 aliphatic rings. The van der Waals surface area contributed by atoms with Crippen LogP contribution < -0.4 is 15.8 Å². The molecule has 0 aliphatic heterocycles. The lowest BCUT2D eigenvalue weighted by atomic mass is 10.3. The van der Waals surface area contributed by atoms with Crippen molar-refractivity contribution >= 4 is 35.6 Å². The normalized spacial score (nSPS) is 21.9. The van der Waals surface area contributed by atoms with Gasteiger partial charge in [0.1, 0.15) is 5.75 Å². The maximum atomic E-state index is 12.1. The summed E-state index contributed by atoms with van der Waals surface area (Å²) in [7, 11) is 0. The van der Waals surface area contributed by atoms with E-state index in [2.05, 4.69) is 22.0 Å². The number of guanidine groups is 1. The number of ether oxygens (including phenoxy) is 1. The van der Waals surface area contributed by atoms with Crippen molar-refractivity contribution in [2.24, 2.45) is 16.6 Å². The van der Waals surface area contributed by atoms with E-state index in [4.69, 9.17) is 5.73 Å². The van der Waals surface area contributed by atoms with Crippen molar-refractivity contribution in [3.63, 3.8) is 0 Å². The summed E-state index contributed by atoms with van der Waals surface area (Å²) in [5, 5.41) is 2.74. The van der Waals surface area contributed by atoms with Gasteiger partial charge >= 0.3 is 6.36 Å². The second-order valence-electron chi connectivity index (χ2n) is 4.50. The van der Waals surface area contributed by atoms with Crippen LogP contribution in [0.15, 0.2) is 29.3 Å². The molecule has 1 saturated carbocycles. The van der Waals surface area contributed by atoms with Gasteiger partial charge < -0.3 is 15.8 Å². The summed E-state index contributed by atoms with van der Waals surface area (Å²) < 4.78 is 40.0. The predicted octanol–water partition coefficient (Wildman–Crippen LogP) is 3.34. The van der Waals surface area contributed by atoms with Crippen molar-refractivity contribution in [2.75, 3.05) is 5.32 Å². The van der Waals surface area contributed by atoms with E-state index in [1.165, 1.54) is 18.2 Å². The summed E-state index contributed by atoms with van der Waals surface area (Å²) >= 11 is 0. The monoisotopic (exact) mass is 401 g/mol. The molecule has 0 aromatic heterocycles. The van der Waals surface area contributed by atoms with Crippen LogP contribution in [0.3, 0.4) is 0 Å². The van der Waals surface area contributed by atoms with Gasteiger partial charge in [-0.1, -0.05) is 13.0 Å². The van der Waals surface area contributed by atoms with Gasteiger partial charge in [-0.25, -0.2) is 4.99 Å². The van der Waals surface area contributed by atoms with Crippen LogP contribution in [-0.2, 0) is 0 Å². The largest absolute Gasteiger partial charge is 0.573 e. The predicted molar refractivity (Wildman–Crippen MR) is 81.4 cm³/mol. The fraction of sp³-hybridized carbons (Fsp3) is 0.417. The molecule has 2 unspecified atom stereocenters. The van der Waals surface area contributed by atoms with E-state index in [-0.39, 0.29) is 41.7 Å². The van der Waals surface area contributed by atoms with E-state index in [0.29, 0.717) is 11.6 Å². The number of halogens is 4. The van der Waals surface area contributed by atoms with Gasteiger partial charge in [-0.15, -0.1) is 37.1 Å². The Labute approximate surface area is 131 Å². The second kappa shape index (κ2) is 6.51. The van der Waals surface area contributed by atoms with E-state index in [0.717, 1.165) is 6.42 Å². The molecule has 2 rings (SSSR count). The molecule has 1 aliphatic carbocycles. The third-order valence-corrected chi connectivity index (χ3v) is 2.71. The fourth-order valence-corrected chi connectivity index (χ4v) is 1.61.